The fraction of sp³-hybridized carbons (Fsp3) is 0. The molecule has 0 amide bonds. The molecule has 0 aliphatic rings. The molecule has 0 atom stereocenters. The Kier molecular flexibility index (Phi) is 1.19. The van der Waals surface area contributed by atoms with E-state index in [0.29, 0.717) is 10.4 Å². The molecule has 0 radical (unpaired) electrons. The second kappa shape index (κ2) is 3.02. The Bertz CT molecular complexity index is 496. The Labute approximate surface area is 81.6 Å². The predicted molar refractivity (Wildman–Crippen MR) is 46.9 cm³/mol. The van der Waals surface area contributed by atoms with Crippen molar-refractivity contribution >= 4 is 15.9 Å². The molecule has 0 fully saturated rings. The number of aromatic nitrogens is 4. The van der Waals surface area contributed by atoms with Gasteiger partial charge in [-0.1, -0.05) is 0 Å². The van der Waals surface area contributed by atoms with Gasteiger partial charge in [0.1, 0.15) is 4.60 Å². The summed E-state index contributed by atoms with van der Waals surface area (Å²) in [7, 11) is 0. The van der Waals surface area contributed by atoms with Crippen LogP contribution in [-0.2, 0) is 0 Å². The van der Waals surface area contributed by atoms with Gasteiger partial charge in [0.25, 0.3) is 0 Å². The van der Waals surface area contributed by atoms with Crippen molar-refractivity contribution < 1.29 is 4.11 Å². The molecule has 0 aromatic carbocycles. The fourth-order valence-corrected chi connectivity index (χ4v) is 0.920. The predicted octanol–water partition coefficient (Wildman–Crippen LogP) is 1.42. The third-order valence-electron chi connectivity index (χ3n) is 1.20. The molecule has 2 aromatic rings. The van der Waals surface area contributed by atoms with Crippen molar-refractivity contribution in [3.8, 4) is 5.82 Å². The van der Waals surface area contributed by atoms with Gasteiger partial charge in [0.2, 0.25) is 0 Å². The molecule has 2 rings (SSSR count). The highest BCUT2D eigenvalue weighted by atomic mass is 79.9. The molecule has 2 aromatic heterocycles. The van der Waals surface area contributed by atoms with Gasteiger partial charge in [0.05, 0.1) is 4.11 Å². The number of halogens is 1. The molecule has 0 saturated carbocycles. The Morgan fingerprint density at radius 1 is 1.42 bits per heavy atom. The minimum absolute atomic E-state index is 0.170. The zero-order chi connectivity index (χ0) is 11.0. The molecule has 4 nitrogen and oxygen atoms in total. The van der Waals surface area contributed by atoms with Gasteiger partial charge in [-0.25, -0.2) is 4.68 Å². The SMILES string of the molecule is [2H]c1nn(-c2ccc(Br)nn2)c([2H])c1[2H]. The molecule has 0 aliphatic heterocycles. The number of hydrogen-bond acceptors (Lipinski definition) is 3. The standard InChI is InChI=1S/C7H5BrN4/c8-6-2-3-7(11-10-6)12-5-1-4-9-12/h1-5H/i1D,4D,5D. The van der Waals surface area contributed by atoms with Gasteiger partial charge in [-0.3, -0.25) is 0 Å². The fourth-order valence-electron chi connectivity index (χ4n) is 0.708. The van der Waals surface area contributed by atoms with E-state index in [-0.39, 0.29) is 18.4 Å². The van der Waals surface area contributed by atoms with E-state index in [9.17, 15) is 0 Å². The van der Waals surface area contributed by atoms with Crippen LogP contribution in [-0.4, -0.2) is 20.0 Å². The van der Waals surface area contributed by atoms with Crippen LogP contribution in [0.15, 0.2) is 35.1 Å². The van der Waals surface area contributed by atoms with Crippen LogP contribution < -0.4 is 0 Å². The van der Waals surface area contributed by atoms with Crippen LogP contribution in [0.25, 0.3) is 5.82 Å². The summed E-state index contributed by atoms with van der Waals surface area (Å²) in [6, 6.07) is 3.03. The monoisotopic (exact) mass is 227 g/mol. The Morgan fingerprint density at radius 3 is 2.92 bits per heavy atom. The first-order chi connectivity index (χ1) is 7.09. The average Bonchev–Trinajstić information content (AvgIpc) is 2.47. The normalized spacial score (nSPS) is 13.6. The molecule has 0 spiro atoms. The zero-order valence-electron chi connectivity index (χ0n) is 8.82. The van der Waals surface area contributed by atoms with Gasteiger partial charge in [-0.15, -0.1) is 10.2 Å². The molecule has 2 heterocycles. The van der Waals surface area contributed by atoms with Crippen molar-refractivity contribution in [1.29, 1.82) is 0 Å². The maximum Gasteiger partial charge on any atom is 0.175 e. The lowest BCUT2D eigenvalue weighted by Gasteiger charge is -1.96. The summed E-state index contributed by atoms with van der Waals surface area (Å²) >= 11 is 3.13. The zero-order valence-corrected chi connectivity index (χ0v) is 7.41. The first-order valence-electron chi connectivity index (χ1n) is 4.62. The van der Waals surface area contributed by atoms with Crippen LogP contribution in [0.2, 0.25) is 0 Å². The number of rotatable bonds is 1. The number of nitrogens with zero attached hydrogens (tertiary/aromatic N) is 4. The molecule has 0 N–H and O–H groups in total. The highest BCUT2D eigenvalue weighted by molar-refractivity contribution is 9.10. The van der Waals surface area contributed by atoms with Gasteiger partial charge >= 0.3 is 0 Å². The van der Waals surface area contributed by atoms with Crippen molar-refractivity contribution in [1.82, 2.24) is 20.0 Å². The number of hydrogen-bond donors (Lipinski definition) is 0. The minimum Gasteiger partial charge on any atom is -0.221 e. The van der Waals surface area contributed by atoms with E-state index in [2.05, 4.69) is 31.2 Å². The first-order valence-corrected chi connectivity index (χ1v) is 3.91. The summed E-state index contributed by atoms with van der Waals surface area (Å²) in [4.78, 5) is 0. The molecule has 5 heteroatoms. The summed E-state index contributed by atoms with van der Waals surface area (Å²) in [5.41, 5.74) is 0. The van der Waals surface area contributed by atoms with Crippen LogP contribution in [0.3, 0.4) is 0 Å². The molecule has 0 aliphatic carbocycles. The highest BCUT2D eigenvalue weighted by Gasteiger charge is 1.96. The van der Waals surface area contributed by atoms with Crippen molar-refractivity contribution in [3.63, 3.8) is 0 Å². The minimum atomic E-state index is -0.246. The van der Waals surface area contributed by atoms with E-state index in [1.165, 1.54) is 0 Å². The van der Waals surface area contributed by atoms with Crippen molar-refractivity contribution in [2.24, 2.45) is 0 Å². The lowest BCUT2D eigenvalue weighted by molar-refractivity contribution is 0.809. The summed E-state index contributed by atoms with van der Waals surface area (Å²) < 4.78 is 23.8. The van der Waals surface area contributed by atoms with Crippen LogP contribution in [0.4, 0.5) is 0 Å². The quantitative estimate of drug-likeness (QED) is 0.741. The topological polar surface area (TPSA) is 43.6 Å². The third kappa shape index (κ3) is 1.35. The molecule has 0 bridgehead atoms. The molecular weight excluding hydrogens is 220 g/mol. The van der Waals surface area contributed by atoms with E-state index in [0.717, 1.165) is 4.68 Å². The van der Waals surface area contributed by atoms with Crippen molar-refractivity contribution in [3.05, 3.63) is 35.1 Å². The summed E-state index contributed by atoms with van der Waals surface area (Å²) in [6.45, 7) is 0. The largest absolute Gasteiger partial charge is 0.221 e. The van der Waals surface area contributed by atoms with Crippen LogP contribution >= 0.6 is 15.9 Å². The lowest BCUT2D eigenvalue weighted by atomic mass is 10.5. The van der Waals surface area contributed by atoms with Gasteiger partial charge in [0.15, 0.2) is 5.82 Å². The molecule has 60 valence electrons. The second-order valence-corrected chi connectivity index (χ2v) is 2.79. The van der Waals surface area contributed by atoms with Crippen LogP contribution in [0.5, 0.6) is 0 Å². The van der Waals surface area contributed by atoms with E-state index < -0.39 is 0 Å². The second-order valence-electron chi connectivity index (χ2n) is 1.97. The van der Waals surface area contributed by atoms with Gasteiger partial charge < -0.3 is 0 Å². The smallest absolute Gasteiger partial charge is 0.175 e. The first kappa shape index (κ1) is 4.71. The van der Waals surface area contributed by atoms with Crippen LogP contribution in [0.1, 0.15) is 4.11 Å². The van der Waals surface area contributed by atoms with Crippen LogP contribution in [0, 0.1) is 0 Å². The average molecular weight is 228 g/mol. The summed E-state index contributed by atoms with van der Waals surface area (Å²) in [5, 5.41) is 11.2. The maximum atomic E-state index is 7.52. The highest BCUT2D eigenvalue weighted by Crippen LogP contribution is 2.05. The Hall–Kier alpha value is -1.23. The molecule has 12 heavy (non-hydrogen) atoms. The third-order valence-corrected chi connectivity index (χ3v) is 1.63. The van der Waals surface area contributed by atoms with E-state index in [4.69, 9.17) is 4.11 Å². The van der Waals surface area contributed by atoms with E-state index in [1.807, 2.05) is 0 Å². The summed E-state index contributed by atoms with van der Waals surface area (Å²) in [5.74, 6) is 0.315. The molecule has 0 unspecified atom stereocenters. The van der Waals surface area contributed by atoms with Gasteiger partial charge in [-0.2, -0.15) is 5.10 Å². The Morgan fingerprint density at radius 2 is 2.33 bits per heavy atom. The Balaban J connectivity index is 2.54. The van der Waals surface area contributed by atoms with Gasteiger partial charge in [0, 0.05) is 12.3 Å². The molecule has 0 saturated heterocycles. The van der Waals surface area contributed by atoms with Crippen molar-refractivity contribution in [2.45, 2.75) is 0 Å². The van der Waals surface area contributed by atoms with Crippen molar-refractivity contribution in [2.75, 3.05) is 0 Å². The van der Waals surface area contributed by atoms with E-state index in [1.54, 1.807) is 12.1 Å². The molecular formula is C7H5BrN4. The maximum absolute atomic E-state index is 7.52. The van der Waals surface area contributed by atoms with Gasteiger partial charge in [-0.05, 0) is 34.1 Å². The van der Waals surface area contributed by atoms with E-state index >= 15 is 0 Å². The lowest BCUT2D eigenvalue weighted by Crippen LogP contribution is -1.98. The summed E-state index contributed by atoms with van der Waals surface area (Å²) in [6.07, 6.45) is -0.415.